The van der Waals surface area contributed by atoms with Gasteiger partial charge in [-0.15, -0.1) is 0 Å². The highest BCUT2D eigenvalue weighted by molar-refractivity contribution is 5.20. The van der Waals surface area contributed by atoms with E-state index in [4.69, 9.17) is 0 Å². The standard InChI is InChI=1S/C15H20FN3/c1-3-15(13-5-4-6-14(16)9-13)17-8-7-12-10-18-19(2)11-12/h4-6,9-11,15,17H,3,7-8H2,1-2H3. The molecule has 1 N–H and O–H groups in total. The van der Waals surface area contributed by atoms with Gasteiger partial charge in [-0.05, 0) is 42.6 Å². The van der Waals surface area contributed by atoms with Crippen molar-refractivity contribution in [1.82, 2.24) is 15.1 Å². The Labute approximate surface area is 113 Å². The molecule has 0 radical (unpaired) electrons. The lowest BCUT2D eigenvalue weighted by Gasteiger charge is -2.17. The number of hydrogen-bond acceptors (Lipinski definition) is 2. The summed E-state index contributed by atoms with van der Waals surface area (Å²) in [6.45, 7) is 2.97. The summed E-state index contributed by atoms with van der Waals surface area (Å²) in [6.07, 6.45) is 5.77. The molecular weight excluding hydrogens is 241 g/mol. The quantitative estimate of drug-likeness (QED) is 0.866. The Morgan fingerprint density at radius 3 is 2.89 bits per heavy atom. The summed E-state index contributed by atoms with van der Waals surface area (Å²) in [7, 11) is 1.92. The van der Waals surface area contributed by atoms with Crippen LogP contribution in [0.4, 0.5) is 4.39 Å². The van der Waals surface area contributed by atoms with Gasteiger partial charge in [-0.2, -0.15) is 5.10 Å². The normalized spacial score (nSPS) is 12.6. The Kier molecular flexibility index (Phi) is 4.68. The van der Waals surface area contributed by atoms with Crippen molar-refractivity contribution in [2.24, 2.45) is 7.05 Å². The molecule has 1 aromatic heterocycles. The summed E-state index contributed by atoms with van der Waals surface area (Å²) in [4.78, 5) is 0. The number of nitrogens with zero attached hydrogens (tertiary/aromatic N) is 2. The SMILES string of the molecule is CCC(NCCc1cnn(C)c1)c1cccc(F)c1. The summed E-state index contributed by atoms with van der Waals surface area (Å²) in [5, 5.41) is 7.61. The Hall–Kier alpha value is -1.68. The molecule has 0 amide bonds. The summed E-state index contributed by atoms with van der Waals surface area (Å²) < 4.78 is 15.0. The molecule has 4 heteroatoms. The maximum atomic E-state index is 13.2. The van der Waals surface area contributed by atoms with Crippen molar-refractivity contribution < 1.29 is 4.39 Å². The Morgan fingerprint density at radius 2 is 2.26 bits per heavy atom. The molecule has 2 rings (SSSR count). The van der Waals surface area contributed by atoms with Crippen molar-refractivity contribution in [2.75, 3.05) is 6.54 Å². The minimum atomic E-state index is -0.176. The van der Waals surface area contributed by atoms with Crippen LogP contribution >= 0.6 is 0 Å². The number of benzene rings is 1. The lowest BCUT2D eigenvalue weighted by Crippen LogP contribution is -2.23. The van der Waals surface area contributed by atoms with Gasteiger partial charge >= 0.3 is 0 Å². The molecule has 1 unspecified atom stereocenters. The molecule has 0 bridgehead atoms. The fourth-order valence-electron chi connectivity index (χ4n) is 2.21. The van der Waals surface area contributed by atoms with Crippen LogP contribution in [0.5, 0.6) is 0 Å². The highest BCUT2D eigenvalue weighted by atomic mass is 19.1. The van der Waals surface area contributed by atoms with Crippen LogP contribution in [0.15, 0.2) is 36.7 Å². The third kappa shape index (κ3) is 3.89. The summed E-state index contributed by atoms with van der Waals surface area (Å²) in [5.41, 5.74) is 2.22. The van der Waals surface area contributed by atoms with Gasteiger partial charge in [0.1, 0.15) is 5.82 Å². The molecule has 0 saturated heterocycles. The van der Waals surface area contributed by atoms with Crippen LogP contribution < -0.4 is 5.32 Å². The molecule has 102 valence electrons. The monoisotopic (exact) mass is 261 g/mol. The zero-order chi connectivity index (χ0) is 13.7. The van der Waals surface area contributed by atoms with E-state index in [1.54, 1.807) is 16.8 Å². The second kappa shape index (κ2) is 6.48. The van der Waals surface area contributed by atoms with E-state index in [2.05, 4.69) is 17.3 Å². The zero-order valence-corrected chi connectivity index (χ0v) is 11.4. The van der Waals surface area contributed by atoms with Gasteiger partial charge in [-0.25, -0.2) is 4.39 Å². The summed E-state index contributed by atoms with van der Waals surface area (Å²) in [5.74, 6) is -0.176. The minimum absolute atomic E-state index is 0.176. The van der Waals surface area contributed by atoms with Crippen LogP contribution in [0.1, 0.15) is 30.5 Å². The average Bonchev–Trinajstić information content (AvgIpc) is 2.80. The van der Waals surface area contributed by atoms with Gasteiger partial charge in [-0.3, -0.25) is 4.68 Å². The number of aromatic nitrogens is 2. The molecular formula is C15H20FN3. The van der Waals surface area contributed by atoms with Crippen LogP contribution in [0, 0.1) is 5.82 Å². The molecule has 0 aliphatic carbocycles. The van der Waals surface area contributed by atoms with Crippen molar-refractivity contribution in [2.45, 2.75) is 25.8 Å². The fourth-order valence-corrected chi connectivity index (χ4v) is 2.21. The first-order valence-corrected chi connectivity index (χ1v) is 6.65. The summed E-state index contributed by atoms with van der Waals surface area (Å²) in [6, 6.07) is 7.01. The lowest BCUT2D eigenvalue weighted by atomic mass is 10.0. The molecule has 1 aromatic carbocycles. The first kappa shape index (κ1) is 13.7. The van der Waals surface area contributed by atoms with E-state index in [9.17, 15) is 4.39 Å². The number of aryl methyl sites for hydroxylation is 1. The minimum Gasteiger partial charge on any atom is -0.310 e. The topological polar surface area (TPSA) is 29.9 Å². The van der Waals surface area contributed by atoms with E-state index in [-0.39, 0.29) is 11.9 Å². The van der Waals surface area contributed by atoms with E-state index in [1.165, 1.54) is 11.6 Å². The number of rotatable bonds is 6. The van der Waals surface area contributed by atoms with Gasteiger partial charge in [0, 0.05) is 19.3 Å². The van der Waals surface area contributed by atoms with Crippen molar-refractivity contribution in [3.63, 3.8) is 0 Å². The molecule has 0 fully saturated rings. The zero-order valence-electron chi connectivity index (χ0n) is 11.4. The molecule has 0 aliphatic heterocycles. The second-order valence-electron chi connectivity index (χ2n) is 4.74. The first-order chi connectivity index (χ1) is 9.19. The molecule has 2 aromatic rings. The number of nitrogens with one attached hydrogen (secondary N) is 1. The third-order valence-corrected chi connectivity index (χ3v) is 3.22. The first-order valence-electron chi connectivity index (χ1n) is 6.65. The van der Waals surface area contributed by atoms with Crippen molar-refractivity contribution >= 4 is 0 Å². The van der Waals surface area contributed by atoms with Gasteiger partial charge in [0.05, 0.1) is 6.20 Å². The lowest BCUT2D eigenvalue weighted by molar-refractivity contribution is 0.518. The molecule has 19 heavy (non-hydrogen) atoms. The Balaban J connectivity index is 1.89. The smallest absolute Gasteiger partial charge is 0.123 e. The molecule has 0 saturated carbocycles. The van der Waals surface area contributed by atoms with Crippen LogP contribution in [0.3, 0.4) is 0 Å². The van der Waals surface area contributed by atoms with E-state index in [0.717, 1.165) is 24.9 Å². The van der Waals surface area contributed by atoms with Crippen molar-refractivity contribution in [3.8, 4) is 0 Å². The van der Waals surface area contributed by atoms with Crippen molar-refractivity contribution in [3.05, 3.63) is 53.6 Å². The van der Waals surface area contributed by atoms with E-state index >= 15 is 0 Å². The predicted molar refractivity (Wildman–Crippen MR) is 74.3 cm³/mol. The van der Waals surface area contributed by atoms with E-state index < -0.39 is 0 Å². The number of hydrogen-bond donors (Lipinski definition) is 1. The average molecular weight is 261 g/mol. The maximum Gasteiger partial charge on any atom is 0.123 e. The molecule has 3 nitrogen and oxygen atoms in total. The van der Waals surface area contributed by atoms with Gasteiger partial charge in [0.15, 0.2) is 0 Å². The molecule has 1 heterocycles. The van der Waals surface area contributed by atoms with Gasteiger partial charge < -0.3 is 5.32 Å². The second-order valence-corrected chi connectivity index (χ2v) is 4.74. The van der Waals surface area contributed by atoms with Crippen LogP contribution in [-0.2, 0) is 13.5 Å². The van der Waals surface area contributed by atoms with Crippen LogP contribution in [0.2, 0.25) is 0 Å². The fraction of sp³-hybridized carbons (Fsp3) is 0.400. The molecule has 0 spiro atoms. The third-order valence-electron chi connectivity index (χ3n) is 3.22. The van der Waals surface area contributed by atoms with Crippen LogP contribution in [-0.4, -0.2) is 16.3 Å². The molecule has 0 aliphatic rings. The Morgan fingerprint density at radius 1 is 1.42 bits per heavy atom. The summed E-state index contributed by atoms with van der Waals surface area (Å²) >= 11 is 0. The molecule has 1 atom stereocenters. The Bertz CT molecular complexity index is 522. The highest BCUT2D eigenvalue weighted by Crippen LogP contribution is 2.17. The number of halogens is 1. The van der Waals surface area contributed by atoms with Crippen molar-refractivity contribution in [1.29, 1.82) is 0 Å². The maximum absolute atomic E-state index is 13.2. The van der Waals surface area contributed by atoms with Gasteiger partial charge in [0.25, 0.3) is 0 Å². The highest BCUT2D eigenvalue weighted by Gasteiger charge is 2.09. The van der Waals surface area contributed by atoms with E-state index in [0.29, 0.717) is 0 Å². The van der Waals surface area contributed by atoms with Gasteiger partial charge in [-0.1, -0.05) is 19.1 Å². The predicted octanol–water partition coefficient (Wildman–Crippen LogP) is 2.84. The van der Waals surface area contributed by atoms with E-state index in [1.807, 2.05) is 25.5 Å². The van der Waals surface area contributed by atoms with Gasteiger partial charge in [0.2, 0.25) is 0 Å². The van der Waals surface area contributed by atoms with Crippen LogP contribution in [0.25, 0.3) is 0 Å². The largest absolute Gasteiger partial charge is 0.310 e.